The highest BCUT2D eigenvalue weighted by molar-refractivity contribution is 5.97. The maximum absolute atomic E-state index is 15.6. The van der Waals surface area contributed by atoms with Crippen LogP contribution in [-0.2, 0) is 6.54 Å². The number of aromatic nitrogens is 2. The molecule has 5 N–H and O–H groups in total. The van der Waals surface area contributed by atoms with Gasteiger partial charge in [0.05, 0.1) is 24.4 Å². The van der Waals surface area contributed by atoms with Crippen LogP contribution in [0.4, 0.5) is 4.39 Å². The number of hydrogen-bond acceptors (Lipinski definition) is 7. The molecule has 0 spiro atoms. The summed E-state index contributed by atoms with van der Waals surface area (Å²) in [5.41, 5.74) is 7.85. The van der Waals surface area contributed by atoms with E-state index in [1.54, 1.807) is 97.5 Å². The van der Waals surface area contributed by atoms with Crippen LogP contribution >= 0.6 is 0 Å². The zero-order valence-corrected chi connectivity index (χ0v) is 34.9. The van der Waals surface area contributed by atoms with Gasteiger partial charge in [-0.1, -0.05) is 54.6 Å². The van der Waals surface area contributed by atoms with Gasteiger partial charge in [0, 0.05) is 59.0 Å². The number of hydrogen-bond donors (Lipinski definition) is 5. The number of carbonyl (C=O) groups excluding carboxylic acids is 4. The van der Waals surface area contributed by atoms with Crippen molar-refractivity contribution in [2.75, 3.05) is 6.61 Å². The SMILES string of the molecule is C[C@@H](NC(=O)c1ccc(-c2ccnc(-c3ccc(CNC(=O)c4cccc([C@@H](CO)NC(=O)c5ccc(-c6ccncc6)cc5)c4)cc3F)c2)cc1)c1cccc(C(=O)NC2CC2)c1. The van der Waals surface area contributed by atoms with Crippen molar-refractivity contribution in [2.45, 2.75) is 44.4 Å². The molecule has 5 aromatic carbocycles. The van der Waals surface area contributed by atoms with E-state index in [9.17, 15) is 24.3 Å². The van der Waals surface area contributed by atoms with E-state index in [1.165, 1.54) is 6.07 Å². The highest BCUT2D eigenvalue weighted by atomic mass is 19.1. The minimum absolute atomic E-state index is 0.0476. The number of benzene rings is 5. The first-order valence-corrected chi connectivity index (χ1v) is 21.0. The van der Waals surface area contributed by atoms with Crippen LogP contribution in [0.3, 0.4) is 0 Å². The van der Waals surface area contributed by atoms with Crippen molar-refractivity contribution in [3.05, 3.63) is 203 Å². The summed E-state index contributed by atoms with van der Waals surface area (Å²) in [5, 5.41) is 21.9. The summed E-state index contributed by atoms with van der Waals surface area (Å²) in [4.78, 5) is 60.5. The molecule has 11 nitrogen and oxygen atoms in total. The summed E-state index contributed by atoms with van der Waals surface area (Å²) >= 11 is 0. The lowest BCUT2D eigenvalue weighted by Crippen LogP contribution is -2.31. The Morgan fingerprint density at radius 2 is 1.22 bits per heavy atom. The van der Waals surface area contributed by atoms with Crippen LogP contribution in [0, 0.1) is 5.82 Å². The molecule has 4 amide bonds. The predicted molar refractivity (Wildman–Crippen MR) is 242 cm³/mol. The molecule has 2 heterocycles. The standard InChI is InChI=1S/C52H45FN6O5/c1-32(39-4-2-7-43(27-39)52(64)58-44-17-18-44)57-50(62)37-15-11-35(12-16-37)40-22-25-55-47(29-40)45-19-8-33(26-46(45)53)30-56-49(61)42-6-3-5-41(28-42)48(31-60)59-51(63)38-13-9-34(10-14-38)36-20-23-54-24-21-36/h2-16,19-29,32,44,48,60H,17-18,30-31H2,1H3,(H,56,61)(H,57,62)(H,58,64)(H,59,63)/t32-,48-/m1/s1. The normalized spacial score (nSPS) is 13.0. The third-order valence-corrected chi connectivity index (χ3v) is 11.1. The van der Waals surface area contributed by atoms with Gasteiger partial charge in [0.2, 0.25) is 0 Å². The van der Waals surface area contributed by atoms with Crippen LogP contribution in [-0.4, -0.2) is 51.4 Å². The van der Waals surface area contributed by atoms with E-state index < -0.39 is 17.8 Å². The Bertz CT molecular complexity index is 2810. The molecular formula is C52H45FN6O5. The third-order valence-electron chi connectivity index (χ3n) is 11.1. The predicted octanol–water partition coefficient (Wildman–Crippen LogP) is 8.39. The second-order valence-corrected chi connectivity index (χ2v) is 15.7. The van der Waals surface area contributed by atoms with Gasteiger partial charge in [-0.05, 0) is 144 Å². The number of nitrogens with one attached hydrogen (secondary N) is 4. The first-order valence-electron chi connectivity index (χ1n) is 21.0. The largest absolute Gasteiger partial charge is 0.394 e. The first kappa shape index (κ1) is 42.8. The van der Waals surface area contributed by atoms with Crippen LogP contribution in [0.2, 0.25) is 0 Å². The number of aliphatic hydroxyl groups excluding tert-OH is 1. The second-order valence-electron chi connectivity index (χ2n) is 15.7. The Morgan fingerprint density at radius 1 is 0.625 bits per heavy atom. The van der Waals surface area contributed by atoms with E-state index in [0.29, 0.717) is 39.1 Å². The van der Waals surface area contributed by atoms with Crippen molar-refractivity contribution in [2.24, 2.45) is 0 Å². The lowest BCUT2D eigenvalue weighted by Gasteiger charge is -2.18. The van der Waals surface area contributed by atoms with Gasteiger partial charge in [0.1, 0.15) is 5.82 Å². The summed E-state index contributed by atoms with van der Waals surface area (Å²) < 4.78 is 15.6. The molecule has 1 aliphatic rings. The van der Waals surface area contributed by atoms with E-state index in [0.717, 1.165) is 40.7 Å². The van der Waals surface area contributed by atoms with Crippen molar-refractivity contribution < 1.29 is 28.7 Å². The molecule has 12 heteroatoms. The Kier molecular flexibility index (Phi) is 13.0. The van der Waals surface area contributed by atoms with Gasteiger partial charge in [-0.2, -0.15) is 0 Å². The van der Waals surface area contributed by atoms with Gasteiger partial charge in [-0.15, -0.1) is 0 Å². The molecule has 0 unspecified atom stereocenters. The highest BCUT2D eigenvalue weighted by Crippen LogP contribution is 2.28. The van der Waals surface area contributed by atoms with E-state index in [1.807, 2.05) is 61.5 Å². The Balaban J connectivity index is 0.857. The smallest absolute Gasteiger partial charge is 0.251 e. The number of pyridine rings is 2. The monoisotopic (exact) mass is 852 g/mol. The van der Waals surface area contributed by atoms with Crippen molar-refractivity contribution in [3.63, 3.8) is 0 Å². The fraction of sp³-hybridized carbons (Fsp3) is 0.154. The Morgan fingerprint density at radius 3 is 1.88 bits per heavy atom. The maximum Gasteiger partial charge on any atom is 0.251 e. The van der Waals surface area contributed by atoms with Crippen molar-refractivity contribution in [1.82, 2.24) is 31.2 Å². The fourth-order valence-corrected chi connectivity index (χ4v) is 7.27. The molecule has 0 aliphatic heterocycles. The van der Waals surface area contributed by atoms with E-state index in [2.05, 4.69) is 31.2 Å². The molecule has 2 aromatic heterocycles. The van der Waals surface area contributed by atoms with E-state index >= 15 is 4.39 Å². The van der Waals surface area contributed by atoms with Gasteiger partial charge in [-0.3, -0.25) is 29.1 Å². The topological polar surface area (TPSA) is 162 Å². The Hall–Kier alpha value is -7.83. The third kappa shape index (κ3) is 10.4. The zero-order chi connectivity index (χ0) is 44.6. The average molecular weight is 853 g/mol. The lowest BCUT2D eigenvalue weighted by atomic mass is 10.0. The van der Waals surface area contributed by atoms with Gasteiger partial charge in [-0.25, -0.2) is 4.39 Å². The van der Waals surface area contributed by atoms with Crippen molar-refractivity contribution in [3.8, 4) is 33.5 Å². The van der Waals surface area contributed by atoms with Crippen molar-refractivity contribution in [1.29, 1.82) is 0 Å². The first-order chi connectivity index (χ1) is 31.1. The molecule has 0 saturated heterocycles. The molecular weight excluding hydrogens is 808 g/mol. The number of halogens is 1. The molecule has 0 radical (unpaired) electrons. The molecule has 7 aromatic rings. The summed E-state index contributed by atoms with van der Waals surface area (Å²) in [7, 11) is 0. The van der Waals surface area contributed by atoms with Gasteiger partial charge in [0.15, 0.2) is 0 Å². The summed E-state index contributed by atoms with van der Waals surface area (Å²) in [6.45, 7) is 1.53. The zero-order valence-electron chi connectivity index (χ0n) is 34.9. The number of aliphatic hydroxyl groups is 1. The minimum Gasteiger partial charge on any atom is -0.394 e. The molecule has 1 fully saturated rings. The van der Waals surface area contributed by atoms with E-state index in [-0.39, 0.29) is 48.5 Å². The fourth-order valence-electron chi connectivity index (χ4n) is 7.27. The molecule has 8 rings (SSSR count). The number of amides is 4. The average Bonchev–Trinajstić information content (AvgIpc) is 4.17. The van der Waals surface area contributed by atoms with Crippen LogP contribution in [0.5, 0.6) is 0 Å². The summed E-state index contributed by atoms with van der Waals surface area (Å²) in [5.74, 6) is -1.67. The van der Waals surface area contributed by atoms with Gasteiger partial charge >= 0.3 is 0 Å². The lowest BCUT2D eigenvalue weighted by molar-refractivity contribution is 0.0913. The second kappa shape index (κ2) is 19.5. The maximum atomic E-state index is 15.6. The van der Waals surface area contributed by atoms with Crippen LogP contribution < -0.4 is 21.3 Å². The van der Waals surface area contributed by atoms with Gasteiger partial charge < -0.3 is 26.4 Å². The van der Waals surface area contributed by atoms with E-state index in [4.69, 9.17) is 0 Å². The van der Waals surface area contributed by atoms with Crippen LogP contribution in [0.1, 0.15) is 90.0 Å². The molecule has 1 saturated carbocycles. The minimum atomic E-state index is -0.766. The number of rotatable bonds is 15. The number of nitrogens with zero attached hydrogens (tertiary/aromatic N) is 2. The van der Waals surface area contributed by atoms with Crippen LogP contribution in [0.25, 0.3) is 33.5 Å². The quantitative estimate of drug-likeness (QED) is 0.0692. The highest BCUT2D eigenvalue weighted by Gasteiger charge is 2.24. The molecule has 1 aliphatic carbocycles. The Labute approximate surface area is 369 Å². The molecule has 64 heavy (non-hydrogen) atoms. The molecule has 320 valence electrons. The summed E-state index contributed by atoms with van der Waals surface area (Å²) in [6.07, 6.45) is 7.00. The number of carbonyl (C=O) groups is 4. The molecule has 0 bridgehead atoms. The van der Waals surface area contributed by atoms with Gasteiger partial charge in [0.25, 0.3) is 23.6 Å². The van der Waals surface area contributed by atoms with Crippen LogP contribution in [0.15, 0.2) is 158 Å². The van der Waals surface area contributed by atoms with Crippen molar-refractivity contribution >= 4 is 23.6 Å². The molecule has 2 atom stereocenters. The summed E-state index contributed by atoms with van der Waals surface area (Å²) in [6, 6.07) is 39.3.